The van der Waals surface area contributed by atoms with E-state index >= 15 is 0 Å². The molecule has 0 fully saturated rings. The number of hydrogen-bond acceptors (Lipinski definition) is 6. The van der Waals surface area contributed by atoms with Gasteiger partial charge in [0.25, 0.3) is 0 Å². The molecular formula is C56H58Br2N6. The molecule has 0 aliphatic heterocycles. The molecule has 326 valence electrons. The lowest BCUT2D eigenvalue weighted by Crippen LogP contribution is -2.11. The van der Waals surface area contributed by atoms with Gasteiger partial charge in [-0.25, -0.2) is 9.97 Å². The summed E-state index contributed by atoms with van der Waals surface area (Å²) >= 11 is 7.80. The van der Waals surface area contributed by atoms with Crippen molar-refractivity contribution in [1.29, 1.82) is 0 Å². The van der Waals surface area contributed by atoms with Crippen molar-refractivity contribution in [3.63, 3.8) is 0 Å². The van der Waals surface area contributed by atoms with E-state index in [0.717, 1.165) is 76.8 Å². The minimum Gasteiger partial charge on any atom is -0.255 e. The normalized spacial score (nSPS) is 12.7. The van der Waals surface area contributed by atoms with Crippen molar-refractivity contribution in [2.45, 2.75) is 105 Å². The average Bonchev–Trinajstić information content (AvgIpc) is 3.25. The standard InChI is InChI=1S/C56H58Br2N6/c1-53(2,3)39-17-21-59-45(31-39)49-25-35(26-50(63-49)46-32-40(18-22-60-46)54(4,5)6)13-15-37-29-44(58)38(30-43(37)57)16-14-36-27-51(47-33-41(19-23-61-47)55(7,8)9)64-52(28-36)48-34-42(20-24-62-48)56(10,11)12/h13-34H,1-12H3/b15-13+,16-14+. The molecule has 0 N–H and O–H groups in total. The van der Waals surface area contributed by atoms with E-state index in [1.54, 1.807) is 0 Å². The van der Waals surface area contributed by atoms with Gasteiger partial charge in [-0.2, -0.15) is 0 Å². The molecule has 1 aromatic carbocycles. The van der Waals surface area contributed by atoms with Crippen LogP contribution in [0.25, 0.3) is 69.9 Å². The molecule has 0 unspecified atom stereocenters. The van der Waals surface area contributed by atoms with Gasteiger partial charge >= 0.3 is 0 Å². The topological polar surface area (TPSA) is 77.3 Å². The quantitative estimate of drug-likeness (QED) is 0.151. The van der Waals surface area contributed by atoms with E-state index in [1.807, 2.05) is 24.8 Å². The molecule has 64 heavy (non-hydrogen) atoms. The van der Waals surface area contributed by atoms with Gasteiger partial charge in [-0.1, -0.05) is 139 Å². The van der Waals surface area contributed by atoms with Crippen LogP contribution in [0.2, 0.25) is 0 Å². The molecule has 8 heteroatoms. The Morgan fingerprint density at radius 2 is 0.578 bits per heavy atom. The summed E-state index contributed by atoms with van der Waals surface area (Å²) in [7, 11) is 0. The van der Waals surface area contributed by atoms with E-state index in [-0.39, 0.29) is 21.7 Å². The van der Waals surface area contributed by atoms with Crippen LogP contribution in [0.5, 0.6) is 0 Å². The molecular weight excluding hydrogens is 916 g/mol. The monoisotopic (exact) mass is 972 g/mol. The molecule has 0 bridgehead atoms. The van der Waals surface area contributed by atoms with Gasteiger partial charge in [0.05, 0.1) is 45.6 Å². The highest BCUT2D eigenvalue weighted by molar-refractivity contribution is 9.11. The molecule has 0 saturated carbocycles. The SMILES string of the molecule is CC(C)(C)c1ccnc(-c2cc(/C=C/c3cc(Br)c(/C=C/c4cc(-c5cc(C(C)(C)C)ccn5)nc(-c5cc(C(C)(C)C)ccn5)c4)cc3Br)cc(-c3cc(C(C)(C)C)ccn3)n2)c1. The molecule has 6 aromatic heterocycles. The molecule has 6 nitrogen and oxygen atoms in total. The fourth-order valence-corrected chi connectivity index (χ4v) is 8.16. The van der Waals surface area contributed by atoms with Crippen molar-refractivity contribution >= 4 is 56.2 Å². The van der Waals surface area contributed by atoms with Gasteiger partial charge in [-0.05, 0) is 151 Å². The summed E-state index contributed by atoms with van der Waals surface area (Å²) in [5, 5.41) is 0. The maximum absolute atomic E-state index is 5.14. The molecule has 7 rings (SSSR count). The summed E-state index contributed by atoms with van der Waals surface area (Å²) in [6.07, 6.45) is 16.0. The highest BCUT2D eigenvalue weighted by Gasteiger charge is 2.20. The Morgan fingerprint density at radius 1 is 0.328 bits per heavy atom. The Morgan fingerprint density at radius 3 is 0.812 bits per heavy atom. The molecule has 7 aromatic rings. The van der Waals surface area contributed by atoms with Crippen molar-refractivity contribution in [3.8, 4) is 45.6 Å². The Balaban J connectivity index is 1.25. The third-order valence-electron chi connectivity index (χ3n) is 11.3. The van der Waals surface area contributed by atoms with Crippen LogP contribution >= 0.6 is 31.9 Å². The minimum atomic E-state index is -0.0297. The van der Waals surface area contributed by atoms with Gasteiger partial charge in [-0.3, -0.25) is 19.9 Å². The van der Waals surface area contributed by atoms with E-state index in [0.29, 0.717) is 0 Å². The van der Waals surface area contributed by atoms with E-state index in [9.17, 15) is 0 Å². The van der Waals surface area contributed by atoms with Crippen LogP contribution in [0.15, 0.2) is 119 Å². The molecule has 0 spiro atoms. The zero-order valence-corrected chi connectivity index (χ0v) is 42.3. The van der Waals surface area contributed by atoms with Crippen molar-refractivity contribution in [2.75, 3.05) is 0 Å². The number of pyridine rings is 6. The lowest BCUT2D eigenvalue weighted by atomic mass is 9.87. The molecule has 0 aliphatic carbocycles. The number of benzene rings is 1. The molecule has 0 saturated heterocycles. The molecule has 0 aliphatic rings. The zero-order valence-electron chi connectivity index (χ0n) is 39.1. The number of nitrogens with zero attached hydrogens (tertiary/aromatic N) is 6. The van der Waals surface area contributed by atoms with Crippen LogP contribution in [0.3, 0.4) is 0 Å². The molecule has 6 heterocycles. The van der Waals surface area contributed by atoms with Crippen LogP contribution in [0, 0.1) is 0 Å². The first kappa shape index (κ1) is 46.5. The molecule has 0 radical (unpaired) electrons. The Kier molecular flexibility index (Phi) is 13.2. The first-order valence-electron chi connectivity index (χ1n) is 21.8. The summed E-state index contributed by atoms with van der Waals surface area (Å²) in [5.74, 6) is 0. The maximum atomic E-state index is 5.14. The Labute approximate surface area is 397 Å². The van der Waals surface area contributed by atoms with Gasteiger partial charge in [0.1, 0.15) is 0 Å². The second-order valence-electron chi connectivity index (χ2n) is 20.6. The van der Waals surface area contributed by atoms with E-state index < -0.39 is 0 Å². The van der Waals surface area contributed by atoms with Crippen molar-refractivity contribution in [1.82, 2.24) is 29.9 Å². The number of aromatic nitrogens is 6. The predicted molar refractivity (Wildman–Crippen MR) is 276 cm³/mol. The summed E-state index contributed by atoms with van der Waals surface area (Å²) in [4.78, 5) is 29.4. The van der Waals surface area contributed by atoms with Gasteiger partial charge in [0.15, 0.2) is 0 Å². The first-order valence-corrected chi connectivity index (χ1v) is 23.4. The van der Waals surface area contributed by atoms with Crippen LogP contribution in [0.1, 0.15) is 128 Å². The smallest absolute Gasteiger partial charge is 0.0900 e. The molecule has 0 atom stereocenters. The van der Waals surface area contributed by atoms with Crippen LogP contribution in [0.4, 0.5) is 0 Å². The van der Waals surface area contributed by atoms with E-state index in [2.05, 4.69) is 224 Å². The van der Waals surface area contributed by atoms with Gasteiger partial charge in [0, 0.05) is 33.7 Å². The summed E-state index contributed by atoms with van der Waals surface area (Å²) in [6.45, 7) is 26.6. The Bertz CT molecular complexity index is 2550. The maximum Gasteiger partial charge on any atom is 0.0900 e. The lowest BCUT2D eigenvalue weighted by molar-refractivity contribution is 0.589. The third-order valence-corrected chi connectivity index (χ3v) is 12.6. The van der Waals surface area contributed by atoms with Crippen molar-refractivity contribution in [2.24, 2.45) is 0 Å². The second-order valence-corrected chi connectivity index (χ2v) is 22.3. The van der Waals surface area contributed by atoms with E-state index in [1.165, 1.54) is 22.3 Å². The fraction of sp³-hybridized carbons (Fsp3) is 0.286. The number of hydrogen-bond donors (Lipinski definition) is 0. The van der Waals surface area contributed by atoms with Gasteiger partial charge in [-0.15, -0.1) is 0 Å². The zero-order chi connectivity index (χ0) is 46.2. The predicted octanol–water partition coefficient (Wildman–Crippen LogP) is 15.8. The van der Waals surface area contributed by atoms with Crippen molar-refractivity contribution < 1.29 is 0 Å². The Hall–Kier alpha value is -5.44. The lowest BCUT2D eigenvalue weighted by Gasteiger charge is -2.20. The largest absolute Gasteiger partial charge is 0.255 e. The van der Waals surface area contributed by atoms with Crippen LogP contribution in [-0.2, 0) is 21.7 Å². The number of rotatable bonds is 8. The van der Waals surface area contributed by atoms with Crippen LogP contribution in [-0.4, -0.2) is 29.9 Å². The van der Waals surface area contributed by atoms with E-state index in [4.69, 9.17) is 29.9 Å². The average molecular weight is 975 g/mol. The second kappa shape index (κ2) is 18.2. The first-order chi connectivity index (χ1) is 30.0. The number of halogens is 2. The van der Waals surface area contributed by atoms with Crippen molar-refractivity contribution in [3.05, 3.63) is 163 Å². The summed E-state index contributed by atoms with van der Waals surface area (Å²) in [5.41, 5.74) is 15.2. The van der Waals surface area contributed by atoms with Crippen LogP contribution < -0.4 is 0 Å². The molecule has 0 amide bonds. The van der Waals surface area contributed by atoms with Gasteiger partial charge < -0.3 is 0 Å². The third kappa shape index (κ3) is 11.3. The fourth-order valence-electron chi connectivity index (χ4n) is 7.17. The minimum absolute atomic E-state index is 0.0297. The highest BCUT2D eigenvalue weighted by Crippen LogP contribution is 2.34. The highest BCUT2D eigenvalue weighted by atomic mass is 79.9. The summed E-state index contributed by atoms with van der Waals surface area (Å²) in [6, 6.07) is 29.6. The summed E-state index contributed by atoms with van der Waals surface area (Å²) < 4.78 is 1.92. The van der Waals surface area contributed by atoms with Gasteiger partial charge in [0.2, 0.25) is 0 Å².